The maximum atomic E-state index is 12.5. The SMILES string of the molecule is CC(C)(C)OC(=O)N1CCN(S(=O)(=O)C2CN(S(C)(=O)=O)C2)CC1. The monoisotopic (exact) mass is 383 g/mol. The summed E-state index contributed by atoms with van der Waals surface area (Å²) >= 11 is 0. The highest BCUT2D eigenvalue weighted by Gasteiger charge is 2.45. The van der Waals surface area contributed by atoms with E-state index in [1.54, 1.807) is 20.8 Å². The van der Waals surface area contributed by atoms with Crippen LogP contribution in [0.15, 0.2) is 0 Å². The summed E-state index contributed by atoms with van der Waals surface area (Å²) in [7, 11) is -6.90. The molecule has 2 saturated heterocycles. The van der Waals surface area contributed by atoms with Gasteiger partial charge in [0.2, 0.25) is 20.0 Å². The molecule has 0 aromatic heterocycles. The molecule has 0 saturated carbocycles. The number of ether oxygens (including phenoxy) is 1. The second kappa shape index (κ2) is 6.43. The van der Waals surface area contributed by atoms with E-state index in [2.05, 4.69) is 0 Å². The van der Waals surface area contributed by atoms with Crippen molar-refractivity contribution in [1.29, 1.82) is 0 Å². The molecule has 9 nitrogen and oxygen atoms in total. The van der Waals surface area contributed by atoms with Gasteiger partial charge < -0.3 is 9.64 Å². The van der Waals surface area contributed by atoms with E-state index in [-0.39, 0.29) is 39.3 Å². The Hall–Kier alpha value is -0.910. The van der Waals surface area contributed by atoms with Gasteiger partial charge in [0.05, 0.1) is 6.26 Å². The topological polar surface area (TPSA) is 104 Å². The highest BCUT2D eigenvalue weighted by Crippen LogP contribution is 2.23. The van der Waals surface area contributed by atoms with E-state index in [1.165, 1.54) is 9.21 Å². The quantitative estimate of drug-likeness (QED) is 0.651. The highest BCUT2D eigenvalue weighted by atomic mass is 32.2. The lowest BCUT2D eigenvalue weighted by Crippen LogP contribution is -2.62. The first-order valence-electron chi connectivity index (χ1n) is 7.73. The van der Waals surface area contributed by atoms with Gasteiger partial charge in [0.25, 0.3) is 0 Å². The van der Waals surface area contributed by atoms with Gasteiger partial charge in [0.1, 0.15) is 10.9 Å². The summed E-state index contributed by atoms with van der Waals surface area (Å²) in [6.45, 7) is 6.21. The number of amides is 1. The van der Waals surface area contributed by atoms with Crippen LogP contribution in [0.5, 0.6) is 0 Å². The van der Waals surface area contributed by atoms with Gasteiger partial charge >= 0.3 is 6.09 Å². The first-order chi connectivity index (χ1) is 10.8. The number of carbonyl (C=O) groups excluding carboxylic acids is 1. The van der Waals surface area contributed by atoms with Crippen LogP contribution in [0, 0.1) is 0 Å². The molecule has 0 bridgehead atoms. The van der Waals surface area contributed by atoms with Crippen LogP contribution in [-0.2, 0) is 24.8 Å². The van der Waals surface area contributed by atoms with Gasteiger partial charge in [-0.15, -0.1) is 0 Å². The van der Waals surface area contributed by atoms with Gasteiger partial charge in [-0.05, 0) is 20.8 Å². The molecule has 2 fully saturated rings. The summed E-state index contributed by atoms with van der Waals surface area (Å²) in [5, 5.41) is -0.708. The molecule has 2 aliphatic rings. The molecular formula is C13H25N3O6S2. The molecule has 11 heteroatoms. The Morgan fingerprint density at radius 3 is 1.88 bits per heavy atom. The molecule has 0 aliphatic carbocycles. The Balaban J connectivity index is 1.89. The lowest BCUT2D eigenvalue weighted by Gasteiger charge is -2.41. The summed E-state index contributed by atoms with van der Waals surface area (Å²) in [6, 6.07) is 0. The zero-order chi connectivity index (χ0) is 18.3. The van der Waals surface area contributed by atoms with Crippen LogP contribution in [0.25, 0.3) is 0 Å². The zero-order valence-electron chi connectivity index (χ0n) is 14.4. The number of hydrogen-bond acceptors (Lipinski definition) is 6. The second-order valence-electron chi connectivity index (χ2n) is 7.11. The number of piperazine rings is 1. The summed E-state index contributed by atoms with van der Waals surface area (Å²) in [4.78, 5) is 13.5. The predicted octanol–water partition coefficient (Wildman–Crippen LogP) is -0.487. The average molecular weight is 383 g/mol. The first kappa shape index (κ1) is 19.4. The van der Waals surface area contributed by atoms with Crippen molar-refractivity contribution in [1.82, 2.24) is 13.5 Å². The Morgan fingerprint density at radius 1 is 0.958 bits per heavy atom. The summed E-state index contributed by atoms with van der Waals surface area (Å²) in [6.07, 6.45) is 0.613. The van der Waals surface area contributed by atoms with Gasteiger partial charge in [0, 0.05) is 39.3 Å². The minimum atomic E-state index is -3.55. The average Bonchev–Trinajstić information content (AvgIpc) is 2.32. The predicted molar refractivity (Wildman–Crippen MR) is 88.5 cm³/mol. The molecule has 0 spiro atoms. The van der Waals surface area contributed by atoms with E-state index >= 15 is 0 Å². The normalized spacial score (nSPS) is 22.2. The molecule has 0 aromatic rings. The number of sulfonamides is 2. The number of nitrogens with zero attached hydrogens (tertiary/aromatic N) is 3. The van der Waals surface area contributed by atoms with Crippen molar-refractivity contribution in [2.24, 2.45) is 0 Å². The van der Waals surface area contributed by atoms with Crippen LogP contribution in [-0.4, -0.2) is 92.8 Å². The van der Waals surface area contributed by atoms with Gasteiger partial charge in [-0.1, -0.05) is 0 Å². The van der Waals surface area contributed by atoms with E-state index in [9.17, 15) is 21.6 Å². The Bertz CT molecular complexity index is 684. The van der Waals surface area contributed by atoms with Crippen LogP contribution in [0.2, 0.25) is 0 Å². The van der Waals surface area contributed by atoms with Crippen LogP contribution < -0.4 is 0 Å². The van der Waals surface area contributed by atoms with Gasteiger partial charge in [0.15, 0.2) is 0 Å². The number of carbonyl (C=O) groups is 1. The van der Waals surface area contributed by atoms with Crippen molar-refractivity contribution < 1.29 is 26.4 Å². The Kier molecular flexibility index (Phi) is 5.20. The maximum absolute atomic E-state index is 12.5. The van der Waals surface area contributed by atoms with E-state index in [4.69, 9.17) is 4.74 Å². The lowest BCUT2D eigenvalue weighted by molar-refractivity contribution is 0.0191. The molecule has 0 N–H and O–H groups in total. The minimum absolute atomic E-state index is 0.00650. The molecule has 0 atom stereocenters. The van der Waals surface area contributed by atoms with Crippen LogP contribution in [0.4, 0.5) is 4.79 Å². The largest absolute Gasteiger partial charge is 0.444 e. The zero-order valence-corrected chi connectivity index (χ0v) is 16.1. The smallest absolute Gasteiger partial charge is 0.410 e. The third-order valence-corrected chi connectivity index (χ3v) is 7.42. The second-order valence-corrected chi connectivity index (χ2v) is 11.3. The maximum Gasteiger partial charge on any atom is 0.410 e. The van der Waals surface area contributed by atoms with E-state index in [0.717, 1.165) is 10.6 Å². The van der Waals surface area contributed by atoms with Crippen molar-refractivity contribution in [3.8, 4) is 0 Å². The fourth-order valence-corrected chi connectivity index (χ4v) is 5.44. The van der Waals surface area contributed by atoms with E-state index < -0.39 is 37.0 Å². The molecule has 24 heavy (non-hydrogen) atoms. The Labute approximate surface area is 143 Å². The molecule has 140 valence electrons. The third-order valence-electron chi connectivity index (χ3n) is 3.96. The molecule has 2 heterocycles. The summed E-state index contributed by atoms with van der Waals surface area (Å²) < 4.78 is 55.5. The van der Waals surface area contributed by atoms with Crippen molar-refractivity contribution in [3.63, 3.8) is 0 Å². The van der Waals surface area contributed by atoms with Gasteiger partial charge in [-0.25, -0.2) is 21.6 Å². The molecule has 0 aromatic carbocycles. The van der Waals surface area contributed by atoms with Crippen molar-refractivity contribution in [2.45, 2.75) is 31.6 Å². The number of rotatable bonds is 3. The standard InChI is InChI=1S/C13H25N3O6S2/c1-13(2,3)22-12(17)14-5-7-15(8-6-14)24(20,21)11-9-16(10-11)23(4,18)19/h11H,5-10H2,1-4H3. The lowest BCUT2D eigenvalue weighted by atomic mass is 10.2. The molecule has 2 aliphatic heterocycles. The highest BCUT2D eigenvalue weighted by molar-refractivity contribution is 7.90. The van der Waals surface area contributed by atoms with Crippen LogP contribution >= 0.6 is 0 Å². The van der Waals surface area contributed by atoms with Crippen molar-refractivity contribution in [3.05, 3.63) is 0 Å². The first-order valence-corrected chi connectivity index (χ1v) is 11.1. The summed E-state index contributed by atoms with van der Waals surface area (Å²) in [5.74, 6) is 0. The fourth-order valence-electron chi connectivity index (χ4n) is 2.52. The molecule has 1 amide bonds. The molecule has 0 unspecified atom stereocenters. The van der Waals surface area contributed by atoms with E-state index in [0.29, 0.717) is 0 Å². The van der Waals surface area contributed by atoms with Crippen LogP contribution in [0.3, 0.4) is 0 Å². The molecular weight excluding hydrogens is 358 g/mol. The fraction of sp³-hybridized carbons (Fsp3) is 0.923. The number of hydrogen-bond donors (Lipinski definition) is 0. The van der Waals surface area contributed by atoms with E-state index in [1.807, 2.05) is 0 Å². The summed E-state index contributed by atoms with van der Waals surface area (Å²) in [5.41, 5.74) is -0.596. The Morgan fingerprint density at radius 2 is 1.46 bits per heavy atom. The van der Waals surface area contributed by atoms with Crippen molar-refractivity contribution in [2.75, 3.05) is 45.5 Å². The van der Waals surface area contributed by atoms with Gasteiger partial charge in [-0.2, -0.15) is 8.61 Å². The third kappa shape index (κ3) is 4.38. The van der Waals surface area contributed by atoms with Crippen LogP contribution in [0.1, 0.15) is 20.8 Å². The molecule has 2 rings (SSSR count). The van der Waals surface area contributed by atoms with Gasteiger partial charge in [-0.3, -0.25) is 0 Å². The minimum Gasteiger partial charge on any atom is -0.444 e. The van der Waals surface area contributed by atoms with Crippen molar-refractivity contribution >= 4 is 26.1 Å². The molecule has 0 radical (unpaired) electrons.